The van der Waals surface area contributed by atoms with E-state index in [-0.39, 0.29) is 24.0 Å². The van der Waals surface area contributed by atoms with E-state index >= 15 is 0 Å². The molecule has 0 spiro atoms. The van der Waals surface area contributed by atoms with Crippen LogP contribution >= 0.6 is 10.7 Å². The van der Waals surface area contributed by atoms with Crippen molar-refractivity contribution in [3.8, 4) is 0 Å². The Morgan fingerprint density at radius 1 is 1.22 bits per heavy atom. The summed E-state index contributed by atoms with van der Waals surface area (Å²) in [7, 11) is 1.53. The van der Waals surface area contributed by atoms with E-state index < -0.39 is 20.8 Å². The van der Waals surface area contributed by atoms with Crippen LogP contribution in [-0.2, 0) is 26.4 Å². The summed E-state index contributed by atoms with van der Waals surface area (Å²) in [5.41, 5.74) is -0.0369. The predicted octanol–water partition coefficient (Wildman–Crippen LogP) is 2.67. The molecule has 0 radical (unpaired) electrons. The third-order valence-corrected chi connectivity index (χ3v) is 4.93. The maximum absolute atomic E-state index is 12.5. The molecule has 9 heteroatoms. The van der Waals surface area contributed by atoms with Gasteiger partial charge in [0.15, 0.2) is 0 Å². The van der Waals surface area contributed by atoms with Gasteiger partial charge >= 0.3 is 6.18 Å². The first-order valence-electron chi connectivity index (χ1n) is 6.91. The molecule has 2 rings (SSSR count). The number of alkyl halides is 3. The lowest BCUT2D eigenvalue weighted by molar-refractivity contribution is -0.137. The van der Waals surface area contributed by atoms with Crippen LogP contribution in [0.4, 0.5) is 13.2 Å². The van der Waals surface area contributed by atoms with Crippen molar-refractivity contribution < 1.29 is 26.4 Å². The van der Waals surface area contributed by atoms with Gasteiger partial charge in [-0.2, -0.15) is 13.2 Å². The molecule has 0 saturated carbocycles. The molecule has 1 aromatic rings. The number of benzene rings is 1. The van der Waals surface area contributed by atoms with E-state index in [0.29, 0.717) is 25.1 Å². The van der Waals surface area contributed by atoms with E-state index in [1.165, 1.54) is 17.0 Å². The van der Waals surface area contributed by atoms with Crippen molar-refractivity contribution in [1.82, 2.24) is 4.90 Å². The van der Waals surface area contributed by atoms with Gasteiger partial charge < -0.3 is 4.90 Å². The highest BCUT2D eigenvalue weighted by Crippen LogP contribution is 2.29. The lowest BCUT2D eigenvalue weighted by Gasteiger charge is -2.16. The van der Waals surface area contributed by atoms with Gasteiger partial charge in [0.2, 0.25) is 15.0 Å². The third-order valence-electron chi connectivity index (χ3n) is 3.68. The Kier molecular flexibility index (Phi) is 5.25. The summed E-state index contributed by atoms with van der Waals surface area (Å²) in [6.45, 7) is 0.633. The summed E-state index contributed by atoms with van der Waals surface area (Å²) in [6.07, 6.45) is -3.84. The van der Waals surface area contributed by atoms with Crippen molar-refractivity contribution in [3.05, 3.63) is 35.4 Å². The van der Waals surface area contributed by atoms with Crippen LogP contribution in [0.5, 0.6) is 0 Å². The minimum atomic E-state index is -4.37. The number of hydrogen-bond donors (Lipinski definition) is 0. The van der Waals surface area contributed by atoms with Gasteiger partial charge in [-0.3, -0.25) is 4.79 Å². The van der Waals surface area contributed by atoms with Gasteiger partial charge in [0.1, 0.15) is 0 Å². The molecule has 1 fully saturated rings. The van der Waals surface area contributed by atoms with Crippen LogP contribution in [0.2, 0.25) is 0 Å². The summed E-state index contributed by atoms with van der Waals surface area (Å²) in [5, 5.41) is 0. The van der Waals surface area contributed by atoms with Crippen molar-refractivity contribution in [2.24, 2.45) is 5.92 Å². The highest BCUT2D eigenvalue weighted by Gasteiger charge is 2.32. The van der Waals surface area contributed by atoms with E-state index in [4.69, 9.17) is 10.7 Å². The number of carbonyl (C=O) groups is 1. The number of nitrogens with zero attached hydrogens (tertiary/aromatic N) is 1. The van der Waals surface area contributed by atoms with E-state index in [9.17, 15) is 26.4 Å². The lowest BCUT2D eigenvalue weighted by Crippen LogP contribution is -2.28. The minimum Gasteiger partial charge on any atom is -0.342 e. The molecule has 1 heterocycles. The van der Waals surface area contributed by atoms with Gasteiger partial charge in [-0.05, 0) is 24.1 Å². The molecule has 0 aromatic heterocycles. The average molecular weight is 370 g/mol. The normalized spacial score (nSPS) is 19.4. The topological polar surface area (TPSA) is 54.5 Å². The largest absolute Gasteiger partial charge is 0.416 e. The zero-order valence-corrected chi connectivity index (χ0v) is 13.6. The van der Waals surface area contributed by atoms with Gasteiger partial charge in [0, 0.05) is 36.1 Å². The molecule has 1 aliphatic rings. The molecular formula is C14H15ClF3NO3S. The zero-order valence-electron chi connectivity index (χ0n) is 12.0. The fourth-order valence-electron chi connectivity index (χ4n) is 2.59. The average Bonchev–Trinajstić information content (AvgIpc) is 2.73. The number of rotatable bonds is 5. The number of carbonyl (C=O) groups excluding carboxylic acids is 1. The second kappa shape index (κ2) is 6.68. The number of likely N-dealkylation sites (tertiary alicyclic amines) is 1. The van der Waals surface area contributed by atoms with Crippen LogP contribution in [0.1, 0.15) is 17.5 Å². The maximum Gasteiger partial charge on any atom is 0.416 e. The van der Waals surface area contributed by atoms with Crippen molar-refractivity contribution >= 4 is 25.6 Å². The highest BCUT2D eigenvalue weighted by molar-refractivity contribution is 8.13. The van der Waals surface area contributed by atoms with Crippen LogP contribution in [0.3, 0.4) is 0 Å². The molecule has 1 saturated heterocycles. The Bertz CT molecular complexity index is 674. The first kappa shape index (κ1) is 18.1. The fraction of sp³-hybridized carbons (Fsp3) is 0.500. The first-order chi connectivity index (χ1) is 10.5. The van der Waals surface area contributed by atoms with Gasteiger partial charge in [-0.25, -0.2) is 8.42 Å². The summed E-state index contributed by atoms with van der Waals surface area (Å²) in [6, 6.07) is 4.77. The Balaban J connectivity index is 1.90. The molecule has 1 aromatic carbocycles. The van der Waals surface area contributed by atoms with Gasteiger partial charge in [0.05, 0.1) is 11.3 Å². The number of hydrogen-bond acceptors (Lipinski definition) is 3. The van der Waals surface area contributed by atoms with Crippen molar-refractivity contribution in [1.29, 1.82) is 0 Å². The summed E-state index contributed by atoms with van der Waals surface area (Å²) >= 11 is 0. The fourth-order valence-corrected chi connectivity index (χ4v) is 3.91. The SMILES string of the molecule is O=C1CC(CS(=O)(=O)Cl)CN1CCc1ccc(C(F)(F)F)cc1. The second-order valence-corrected chi connectivity index (χ2v) is 8.38. The summed E-state index contributed by atoms with van der Waals surface area (Å²) in [4.78, 5) is 13.3. The summed E-state index contributed by atoms with van der Waals surface area (Å²) < 4.78 is 59.5. The van der Waals surface area contributed by atoms with Crippen LogP contribution in [0, 0.1) is 5.92 Å². The molecule has 1 aliphatic heterocycles. The van der Waals surface area contributed by atoms with Crippen molar-refractivity contribution in [2.75, 3.05) is 18.8 Å². The van der Waals surface area contributed by atoms with Crippen LogP contribution in [0.15, 0.2) is 24.3 Å². The molecule has 1 amide bonds. The Hall–Kier alpha value is -1.28. The second-order valence-electron chi connectivity index (χ2n) is 5.56. The third kappa shape index (κ3) is 5.39. The first-order valence-corrected chi connectivity index (χ1v) is 9.39. The number of amides is 1. The van der Waals surface area contributed by atoms with Gasteiger partial charge in [-0.15, -0.1) is 0 Å². The van der Waals surface area contributed by atoms with Gasteiger partial charge in [0.25, 0.3) is 0 Å². The standard InChI is InChI=1S/C14H15ClF3NO3S/c15-23(21,22)9-11-7-13(20)19(8-11)6-5-10-1-3-12(4-2-10)14(16,17)18/h1-4,11H,5-9H2. The highest BCUT2D eigenvalue weighted by atomic mass is 35.7. The maximum atomic E-state index is 12.5. The zero-order chi connectivity index (χ0) is 17.3. The van der Waals surface area contributed by atoms with E-state index in [2.05, 4.69) is 0 Å². The predicted molar refractivity (Wildman–Crippen MR) is 79.5 cm³/mol. The molecule has 128 valence electrons. The van der Waals surface area contributed by atoms with Crippen molar-refractivity contribution in [2.45, 2.75) is 19.0 Å². The molecular weight excluding hydrogens is 355 g/mol. The van der Waals surface area contributed by atoms with E-state index in [1.807, 2.05) is 0 Å². The molecule has 0 N–H and O–H groups in total. The Morgan fingerprint density at radius 3 is 2.35 bits per heavy atom. The number of halogens is 4. The van der Waals surface area contributed by atoms with Gasteiger partial charge in [-0.1, -0.05) is 12.1 Å². The quantitative estimate of drug-likeness (QED) is 0.750. The Labute approximate surface area is 136 Å². The van der Waals surface area contributed by atoms with E-state index in [0.717, 1.165) is 12.1 Å². The van der Waals surface area contributed by atoms with Crippen LogP contribution < -0.4 is 0 Å². The van der Waals surface area contributed by atoms with Crippen LogP contribution in [0.25, 0.3) is 0 Å². The molecule has 0 bridgehead atoms. The molecule has 0 aliphatic carbocycles. The molecule has 4 nitrogen and oxygen atoms in total. The minimum absolute atomic E-state index is 0.124. The lowest BCUT2D eigenvalue weighted by atomic mass is 10.1. The Morgan fingerprint density at radius 2 is 1.83 bits per heavy atom. The molecule has 23 heavy (non-hydrogen) atoms. The summed E-state index contributed by atoms with van der Waals surface area (Å²) in [5.74, 6) is -0.753. The van der Waals surface area contributed by atoms with Crippen LogP contribution in [-0.4, -0.2) is 38.1 Å². The molecule has 1 unspecified atom stereocenters. The van der Waals surface area contributed by atoms with E-state index in [1.54, 1.807) is 0 Å². The smallest absolute Gasteiger partial charge is 0.342 e. The monoisotopic (exact) mass is 369 g/mol. The van der Waals surface area contributed by atoms with Crippen molar-refractivity contribution in [3.63, 3.8) is 0 Å². The molecule has 1 atom stereocenters.